The molecule has 0 bridgehead atoms. The quantitative estimate of drug-likeness (QED) is 0.576. The molecule has 1 fully saturated rings. The zero-order chi connectivity index (χ0) is 11.7. The van der Waals surface area contributed by atoms with Gasteiger partial charge in [-0.15, -0.1) is 0 Å². The Balaban J connectivity index is 2.07. The number of aromatic nitrogens is 1. The minimum atomic E-state index is 0.415. The molecule has 2 rings (SSSR count). The largest absolute Gasteiger partial charge is 0.368 e. The number of halogens is 2. The molecule has 0 amide bonds. The molecule has 1 aromatic rings. The van der Waals surface area contributed by atoms with Crippen molar-refractivity contribution >= 4 is 34.8 Å². The summed E-state index contributed by atoms with van der Waals surface area (Å²) in [4.78, 5) is 4.20. The van der Waals surface area contributed by atoms with Gasteiger partial charge in [-0.1, -0.05) is 30.1 Å². The molecule has 0 aromatic carbocycles. The number of nitrogens with one attached hydrogen (secondary N) is 2. The maximum Gasteiger partial charge on any atom is 0.161 e. The fourth-order valence-electron chi connectivity index (χ4n) is 1.60. The maximum atomic E-state index is 6.02. The molecule has 1 aromatic heterocycles. The highest BCUT2D eigenvalue weighted by atomic mass is 35.5. The average Bonchev–Trinajstić information content (AvgIpc) is 2.93. The van der Waals surface area contributed by atoms with Crippen molar-refractivity contribution in [1.82, 2.24) is 4.98 Å². The van der Waals surface area contributed by atoms with Gasteiger partial charge >= 0.3 is 0 Å². The molecule has 1 aliphatic rings. The number of anilines is 2. The van der Waals surface area contributed by atoms with Crippen molar-refractivity contribution in [2.75, 3.05) is 17.3 Å². The number of hydrogen-bond acceptors (Lipinski definition) is 4. The van der Waals surface area contributed by atoms with Gasteiger partial charge in [0.2, 0.25) is 0 Å². The Morgan fingerprint density at radius 2 is 2.06 bits per heavy atom. The molecule has 16 heavy (non-hydrogen) atoms. The van der Waals surface area contributed by atoms with Crippen LogP contribution in [-0.4, -0.2) is 11.5 Å². The van der Waals surface area contributed by atoms with Crippen LogP contribution in [0.25, 0.3) is 0 Å². The standard InChI is InChI=1S/C10H14Cl2N4/c1-5-2-6(5)4-14-9-7(11)3-8(12)10(15-9)16-13/h3,5-6H,2,4,13H2,1H3,(H2,14,15,16). The van der Waals surface area contributed by atoms with Gasteiger partial charge in [0.15, 0.2) is 5.82 Å². The van der Waals surface area contributed by atoms with E-state index in [4.69, 9.17) is 29.0 Å². The van der Waals surface area contributed by atoms with Gasteiger partial charge in [-0.2, -0.15) is 0 Å². The molecule has 88 valence electrons. The molecule has 0 radical (unpaired) electrons. The monoisotopic (exact) mass is 260 g/mol. The van der Waals surface area contributed by atoms with Crippen LogP contribution >= 0.6 is 23.2 Å². The van der Waals surface area contributed by atoms with Crippen molar-refractivity contribution in [3.8, 4) is 0 Å². The molecule has 0 aliphatic heterocycles. The summed E-state index contributed by atoms with van der Waals surface area (Å²) < 4.78 is 0. The first-order valence-corrected chi connectivity index (χ1v) is 5.94. The molecule has 1 heterocycles. The summed E-state index contributed by atoms with van der Waals surface area (Å²) in [7, 11) is 0. The van der Waals surface area contributed by atoms with Crippen molar-refractivity contribution in [3.05, 3.63) is 16.1 Å². The Morgan fingerprint density at radius 1 is 1.44 bits per heavy atom. The third-order valence-electron chi connectivity index (χ3n) is 2.87. The van der Waals surface area contributed by atoms with E-state index in [1.54, 1.807) is 6.07 Å². The second-order valence-corrected chi connectivity index (χ2v) is 4.96. The van der Waals surface area contributed by atoms with Crippen LogP contribution in [0.5, 0.6) is 0 Å². The van der Waals surface area contributed by atoms with Gasteiger partial charge in [0.25, 0.3) is 0 Å². The van der Waals surface area contributed by atoms with Gasteiger partial charge in [-0.05, 0) is 24.3 Å². The van der Waals surface area contributed by atoms with E-state index >= 15 is 0 Å². The summed E-state index contributed by atoms with van der Waals surface area (Å²) in [5.41, 5.74) is 2.43. The van der Waals surface area contributed by atoms with Crippen molar-refractivity contribution in [2.24, 2.45) is 17.7 Å². The Hall–Kier alpha value is -0.710. The van der Waals surface area contributed by atoms with Gasteiger partial charge < -0.3 is 10.7 Å². The fraction of sp³-hybridized carbons (Fsp3) is 0.500. The summed E-state index contributed by atoms with van der Waals surface area (Å²) in [6.07, 6.45) is 1.26. The van der Waals surface area contributed by atoms with Crippen LogP contribution in [0.3, 0.4) is 0 Å². The molecule has 1 saturated carbocycles. The van der Waals surface area contributed by atoms with Gasteiger partial charge in [0.1, 0.15) is 5.82 Å². The SMILES string of the molecule is CC1CC1CNc1nc(NN)c(Cl)cc1Cl. The topological polar surface area (TPSA) is 63.0 Å². The van der Waals surface area contributed by atoms with Gasteiger partial charge in [-0.3, -0.25) is 0 Å². The van der Waals surface area contributed by atoms with E-state index in [2.05, 4.69) is 22.7 Å². The zero-order valence-corrected chi connectivity index (χ0v) is 10.4. The van der Waals surface area contributed by atoms with Gasteiger partial charge in [0.05, 0.1) is 10.0 Å². The van der Waals surface area contributed by atoms with E-state index in [0.29, 0.717) is 21.7 Å². The molecule has 0 spiro atoms. The summed E-state index contributed by atoms with van der Waals surface area (Å²) >= 11 is 11.9. The van der Waals surface area contributed by atoms with Crippen LogP contribution in [0.4, 0.5) is 11.6 Å². The van der Waals surface area contributed by atoms with Crippen LogP contribution in [0.1, 0.15) is 13.3 Å². The molecule has 2 atom stereocenters. The van der Waals surface area contributed by atoms with Crippen LogP contribution in [0.15, 0.2) is 6.07 Å². The van der Waals surface area contributed by atoms with E-state index < -0.39 is 0 Å². The molecule has 4 N–H and O–H groups in total. The number of pyridine rings is 1. The van der Waals surface area contributed by atoms with Crippen LogP contribution in [0.2, 0.25) is 10.0 Å². The Kier molecular flexibility index (Phi) is 3.42. The minimum Gasteiger partial charge on any atom is -0.368 e. The lowest BCUT2D eigenvalue weighted by atomic mass is 10.3. The number of rotatable bonds is 4. The third-order valence-corrected chi connectivity index (χ3v) is 3.45. The first-order valence-electron chi connectivity index (χ1n) is 5.18. The number of hydrazine groups is 1. The first kappa shape index (κ1) is 11.8. The van der Waals surface area contributed by atoms with E-state index in [9.17, 15) is 0 Å². The van der Waals surface area contributed by atoms with Crippen molar-refractivity contribution in [2.45, 2.75) is 13.3 Å². The predicted octanol–water partition coefficient (Wildman–Crippen LogP) is 2.74. The smallest absolute Gasteiger partial charge is 0.161 e. The second kappa shape index (κ2) is 4.65. The Labute approximate surface area is 104 Å². The Morgan fingerprint density at radius 3 is 2.62 bits per heavy atom. The normalized spacial score (nSPS) is 23.0. The highest BCUT2D eigenvalue weighted by molar-refractivity contribution is 6.37. The van der Waals surface area contributed by atoms with Gasteiger partial charge in [-0.25, -0.2) is 10.8 Å². The van der Waals surface area contributed by atoms with Crippen LogP contribution in [-0.2, 0) is 0 Å². The molecule has 4 nitrogen and oxygen atoms in total. The Bertz CT molecular complexity index is 397. The highest BCUT2D eigenvalue weighted by Crippen LogP contribution is 2.38. The minimum absolute atomic E-state index is 0.415. The lowest BCUT2D eigenvalue weighted by Crippen LogP contribution is -2.12. The van der Waals surface area contributed by atoms with Crippen LogP contribution in [0, 0.1) is 11.8 Å². The molecule has 1 aliphatic carbocycles. The number of hydrogen-bond donors (Lipinski definition) is 3. The van der Waals surface area contributed by atoms with E-state index in [1.165, 1.54) is 6.42 Å². The van der Waals surface area contributed by atoms with Crippen LogP contribution < -0.4 is 16.6 Å². The summed E-state index contributed by atoms with van der Waals surface area (Å²) in [5.74, 6) is 7.87. The van der Waals surface area contributed by atoms with E-state index in [0.717, 1.165) is 18.4 Å². The van der Waals surface area contributed by atoms with Crippen molar-refractivity contribution in [1.29, 1.82) is 0 Å². The van der Waals surface area contributed by atoms with Crippen molar-refractivity contribution in [3.63, 3.8) is 0 Å². The summed E-state index contributed by atoms with van der Waals surface area (Å²) in [5, 5.41) is 4.14. The predicted molar refractivity (Wildman–Crippen MR) is 67.8 cm³/mol. The molecule has 2 unspecified atom stereocenters. The summed E-state index contributed by atoms with van der Waals surface area (Å²) in [6.45, 7) is 3.12. The average molecular weight is 261 g/mol. The lowest BCUT2D eigenvalue weighted by Gasteiger charge is -2.10. The fourth-order valence-corrected chi connectivity index (χ4v) is 2.08. The summed E-state index contributed by atoms with van der Waals surface area (Å²) in [6, 6.07) is 1.63. The number of nitrogens with two attached hydrogens (primary N) is 1. The van der Waals surface area contributed by atoms with Gasteiger partial charge in [0, 0.05) is 6.54 Å². The highest BCUT2D eigenvalue weighted by Gasteiger charge is 2.32. The lowest BCUT2D eigenvalue weighted by molar-refractivity contribution is 0.784. The molecule has 6 heteroatoms. The van der Waals surface area contributed by atoms with E-state index in [1.807, 2.05) is 0 Å². The number of nitrogens with zero attached hydrogens (tertiary/aromatic N) is 1. The first-order chi connectivity index (χ1) is 7.61. The van der Waals surface area contributed by atoms with Crippen molar-refractivity contribution < 1.29 is 0 Å². The third kappa shape index (κ3) is 2.51. The van der Waals surface area contributed by atoms with E-state index in [-0.39, 0.29) is 0 Å². The zero-order valence-electron chi connectivity index (χ0n) is 8.93. The number of nitrogen functional groups attached to an aromatic ring is 1. The molecular formula is C10H14Cl2N4. The molecule has 0 saturated heterocycles. The maximum absolute atomic E-state index is 6.02. The molecular weight excluding hydrogens is 247 g/mol. The second-order valence-electron chi connectivity index (χ2n) is 4.15.